The zero-order valence-electron chi connectivity index (χ0n) is 9.57. The summed E-state index contributed by atoms with van der Waals surface area (Å²) in [5.74, 6) is 0. The van der Waals surface area contributed by atoms with Crippen LogP contribution in [0.25, 0.3) is 0 Å². The standard InChI is InChI=1S/H3O4P.H2O4S.3HO3P/c2*1-5(2,3)4;3*1-4(2)3/h(H3,1,2,3,4);(H2,1,2,3,4);3*(H-,1,2,3)/p+3. The summed E-state index contributed by atoms with van der Waals surface area (Å²) in [5, 5.41) is 0. The van der Waals surface area contributed by atoms with E-state index in [1.54, 1.807) is 0 Å². The lowest BCUT2D eigenvalue weighted by molar-refractivity contribution is 0.275. The van der Waals surface area contributed by atoms with Crippen LogP contribution in [-0.2, 0) is 28.7 Å². The van der Waals surface area contributed by atoms with E-state index in [9.17, 15) is 0 Å². The first kappa shape index (κ1) is 33.6. The van der Waals surface area contributed by atoms with Gasteiger partial charge in [0.05, 0.1) is 0 Å². The highest BCUT2D eigenvalue weighted by atomic mass is 32.3. The molecule has 0 heterocycles. The van der Waals surface area contributed by atoms with Crippen LogP contribution < -0.4 is 0 Å². The molecule has 0 aromatic heterocycles. The Hall–Kier alpha value is 0.0400. The summed E-state index contributed by atoms with van der Waals surface area (Å²) in [7, 11) is -17.9. The molecular weight excluding hydrogens is 428 g/mol. The molecular formula is H11O17P4S+3. The summed E-state index contributed by atoms with van der Waals surface area (Å²) < 4.78 is 66.6. The van der Waals surface area contributed by atoms with Crippen molar-refractivity contribution in [2.24, 2.45) is 0 Å². The molecule has 0 unspecified atom stereocenters. The molecule has 11 N–H and O–H groups in total. The van der Waals surface area contributed by atoms with Gasteiger partial charge in [0.1, 0.15) is 0 Å². The Labute approximate surface area is 123 Å². The summed E-state index contributed by atoms with van der Waals surface area (Å²) in [6, 6.07) is 0. The van der Waals surface area contributed by atoms with E-state index < -0.39 is 43.0 Å². The van der Waals surface area contributed by atoms with Gasteiger partial charge in [-0.1, -0.05) is 0 Å². The third kappa shape index (κ3) is 4540000. The van der Waals surface area contributed by atoms with Crippen LogP contribution in [0.3, 0.4) is 0 Å². The molecule has 0 saturated heterocycles. The van der Waals surface area contributed by atoms with Crippen LogP contribution in [0.1, 0.15) is 0 Å². The molecule has 0 fully saturated rings. The molecule has 0 bridgehead atoms. The van der Waals surface area contributed by atoms with E-state index in [0.717, 1.165) is 0 Å². The minimum Gasteiger partial charge on any atom is -0.303 e. The minimum atomic E-state index is -4.67. The van der Waals surface area contributed by atoms with Crippen LogP contribution in [0, 0.1) is 0 Å². The average Bonchev–Trinajstić information content (AvgIpc) is 1.88. The Morgan fingerprint density at radius 3 is 0.636 bits per heavy atom. The second-order valence-corrected chi connectivity index (χ2v) is 5.16. The van der Waals surface area contributed by atoms with Crippen LogP contribution in [0.2, 0.25) is 0 Å². The lowest BCUT2D eigenvalue weighted by atomic mass is 15.8. The van der Waals surface area contributed by atoms with Gasteiger partial charge >= 0.3 is 43.0 Å². The first-order valence-electron chi connectivity index (χ1n) is 3.23. The Balaban J connectivity index is -0.0000000550. The van der Waals surface area contributed by atoms with E-state index in [4.69, 9.17) is 79.8 Å². The highest BCUT2D eigenvalue weighted by Crippen LogP contribution is 2.25. The van der Waals surface area contributed by atoms with Crippen molar-refractivity contribution in [2.45, 2.75) is 0 Å². The number of phosphoric acid groups is 1. The molecule has 0 aliphatic carbocycles. The Bertz CT molecular complexity index is 380. The van der Waals surface area contributed by atoms with Gasteiger partial charge in [-0.15, -0.1) is 29.4 Å². The summed E-state index contributed by atoms with van der Waals surface area (Å²) in [4.78, 5) is 64.3. The Morgan fingerprint density at radius 2 is 0.636 bits per heavy atom. The fourth-order valence-electron chi connectivity index (χ4n) is 0. The highest BCUT2D eigenvalue weighted by molar-refractivity contribution is 7.79. The lowest BCUT2D eigenvalue weighted by Crippen LogP contribution is -1.89. The van der Waals surface area contributed by atoms with Crippen molar-refractivity contribution in [1.82, 2.24) is 0 Å². The second-order valence-electron chi connectivity index (χ2n) is 1.72. The van der Waals surface area contributed by atoms with Crippen LogP contribution in [0.15, 0.2) is 0 Å². The molecule has 0 aromatic rings. The second kappa shape index (κ2) is 19.1. The van der Waals surface area contributed by atoms with Crippen molar-refractivity contribution < 1.29 is 79.8 Å². The van der Waals surface area contributed by atoms with Gasteiger partial charge in [-0.3, -0.25) is 9.11 Å². The van der Waals surface area contributed by atoms with E-state index in [2.05, 4.69) is 0 Å². The van der Waals surface area contributed by atoms with Crippen molar-refractivity contribution in [3.63, 3.8) is 0 Å². The van der Waals surface area contributed by atoms with E-state index in [1.807, 2.05) is 0 Å². The minimum absolute atomic E-state index is 2.87. The fraction of sp³-hybridized carbons (Fsp3) is 0. The smallest absolute Gasteiger partial charge is 0.303 e. The lowest BCUT2D eigenvalue weighted by Gasteiger charge is -1.82. The number of hydrogen-bond donors (Lipinski definition) is 11. The molecule has 0 aromatic carbocycles. The Morgan fingerprint density at radius 1 is 0.636 bits per heavy atom. The molecule has 0 rings (SSSR count). The highest BCUT2D eigenvalue weighted by Gasteiger charge is 2.00. The predicted octanol–water partition coefficient (Wildman–Crippen LogP) is -2.70. The monoisotopic (exact) mass is 439 g/mol. The first-order valence-corrected chi connectivity index (χ1v) is 9.69. The molecule has 22 heteroatoms. The summed E-state index contributed by atoms with van der Waals surface area (Å²) in [5.41, 5.74) is 0. The number of hydrogen-bond acceptors (Lipinski definition) is 6. The molecule has 136 valence electrons. The van der Waals surface area contributed by atoms with Crippen molar-refractivity contribution in [2.75, 3.05) is 0 Å². The van der Waals surface area contributed by atoms with Gasteiger partial charge in [0.25, 0.3) is 0 Å². The van der Waals surface area contributed by atoms with Crippen LogP contribution >= 0.6 is 32.6 Å². The summed E-state index contributed by atoms with van der Waals surface area (Å²) in [6.07, 6.45) is 0. The Kier molecular flexibility index (Phi) is 29.2. The summed E-state index contributed by atoms with van der Waals surface area (Å²) >= 11 is 0. The van der Waals surface area contributed by atoms with E-state index in [-0.39, 0.29) is 0 Å². The fourth-order valence-corrected chi connectivity index (χ4v) is 0. The van der Waals surface area contributed by atoms with Gasteiger partial charge in [0.2, 0.25) is 0 Å². The predicted molar refractivity (Wildman–Crippen MR) is 64.6 cm³/mol. The third-order valence-corrected chi connectivity index (χ3v) is 0. The SMILES string of the molecule is O=P(O)(O)O.O=S(=O)(O)O.O=[P+](O)O.O=[P+](O)O.O=[P+](O)O. The van der Waals surface area contributed by atoms with Gasteiger partial charge in [-0.2, -0.15) is 8.42 Å². The molecule has 0 saturated carbocycles. The zero-order valence-corrected chi connectivity index (χ0v) is 14.0. The van der Waals surface area contributed by atoms with Gasteiger partial charge < -0.3 is 14.7 Å². The van der Waals surface area contributed by atoms with Crippen LogP contribution in [-0.4, -0.2) is 61.6 Å². The average molecular weight is 439 g/mol. The van der Waals surface area contributed by atoms with Gasteiger partial charge in [0, 0.05) is 13.7 Å². The van der Waals surface area contributed by atoms with Gasteiger partial charge in [-0.25, -0.2) is 4.57 Å². The third-order valence-electron chi connectivity index (χ3n) is 0. The molecule has 0 amide bonds. The molecule has 22 heavy (non-hydrogen) atoms. The van der Waals surface area contributed by atoms with Crippen LogP contribution in [0.5, 0.6) is 0 Å². The van der Waals surface area contributed by atoms with Crippen molar-refractivity contribution in [3.8, 4) is 0 Å². The molecule has 0 aliphatic heterocycles. The van der Waals surface area contributed by atoms with Crippen LogP contribution in [0.4, 0.5) is 0 Å². The van der Waals surface area contributed by atoms with Crippen molar-refractivity contribution >= 4 is 43.0 Å². The molecule has 0 aliphatic rings. The summed E-state index contributed by atoms with van der Waals surface area (Å²) in [6.45, 7) is 0. The number of rotatable bonds is 0. The van der Waals surface area contributed by atoms with E-state index >= 15 is 0 Å². The normalized spacial score (nSPS) is 8.86. The first-order chi connectivity index (χ1) is 9.20. The van der Waals surface area contributed by atoms with Gasteiger partial charge in [0.15, 0.2) is 0 Å². The largest absolute Gasteiger partial charge is 0.692 e. The van der Waals surface area contributed by atoms with E-state index in [0.29, 0.717) is 0 Å². The van der Waals surface area contributed by atoms with Crippen molar-refractivity contribution in [3.05, 3.63) is 0 Å². The van der Waals surface area contributed by atoms with Crippen molar-refractivity contribution in [1.29, 1.82) is 0 Å². The molecule has 0 atom stereocenters. The molecule has 17 nitrogen and oxygen atoms in total. The van der Waals surface area contributed by atoms with Gasteiger partial charge in [-0.05, 0) is 0 Å². The van der Waals surface area contributed by atoms with E-state index in [1.165, 1.54) is 0 Å². The topological polar surface area (TPSA) is 325 Å². The quantitative estimate of drug-likeness (QED) is 0.135. The molecule has 0 spiro atoms. The molecule has 0 radical (unpaired) electrons. The maximum atomic E-state index is 8.88. The maximum absolute atomic E-state index is 8.88. The maximum Gasteiger partial charge on any atom is 0.692 e. The zero-order chi connectivity index (χ0) is 19.7.